The maximum atomic E-state index is 13.3. The van der Waals surface area contributed by atoms with Gasteiger partial charge in [-0.3, -0.25) is 9.59 Å². The van der Waals surface area contributed by atoms with Crippen molar-refractivity contribution in [3.05, 3.63) is 77.1 Å². The first-order chi connectivity index (χ1) is 16.1. The highest BCUT2D eigenvalue weighted by atomic mass is 32.2. The zero-order chi connectivity index (χ0) is 25.0. The number of nitrogens with zero attached hydrogens (tertiary/aromatic N) is 3. The van der Waals surface area contributed by atoms with Crippen LogP contribution < -0.4 is 5.32 Å². The van der Waals surface area contributed by atoms with Gasteiger partial charge in [-0.2, -0.15) is 12.7 Å². The van der Waals surface area contributed by atoms with Crippen molar-refractivity contribution in [2.45, 2.75) is 20.8 Å². The lowest BCUT2D eigenvalue weighted by molar-refractivity contribution is -0.127. The number of para-hydroxylation sites is 1. The van der Waals surface area contributed by atoms with E-state index in [-0.39, 0.29) is 11.6 Å². The van der Waals surface area contributed by atoms with Crippen molar-refractivity contribution in [3.63, 3.8) is 0 Å². The average Bonchev–Trinajstić information content (AvgIpc) is 3.19. The molecule has 1 N–H and O–H groups in total. The van der Waals surface area contributed by atoms with E-state index in [9.17, 15) is 18.0 Å². The van der Waals surface area contributed by atoms with Crippen molar-refractivity contribution in [2.75, 3.05) is 27.2 Å². The summed E-state index contributed by atoms with van der Waals surface area (Å²) in [5.74, 6) is -0.769. The Labute approximate surface area is 200 Å². The SMILES string of the molecule is CCN(CC)C(=O)/C(=C/c1cn(S(=O)(=O)N(C)C)c2ccccc12)NC(=O)c1ccc(C)cc1. The molecular formula is C25H30N4O4S. The maximum absolute atomic E-state index is 13.3. The van der Waals surface area contributed by atoms with Crippen LogP contribution in [-0.4, -0.2) is 60.6 Å². The first kappa shape index (κ1) is 25.2. The molecule has 0 aliphatic heterocycles. The van der Waals surface area contributed by atoms with Gasteiger partial charge in [0.05, 0.1) is 5.52 Å². The molecule has 0 fully saturated rings. The quantitative estimate of drug-likeness (QED) is 0.499. The summed E-state index contributed by atoms with van der Waals surface area (Å²) in [6.07, 6.45) is 3.00. The van der Waals surface area contributed by atoms with Crippen molar-refractivity contribution < 1.29 is 18.0 Å². The van der Waals surface area contributed by atoms with Crippen LogP contribution in [0.25, 0.3) is 17.0 Å². The molecule has 1 heterocycles. The second kappa shape index (κ2) is 10.2. The predicted octanol–water partition coefficient (Wildman–Crippen LogP) is 3.24. The van der Waals surface area contributed by atoms with Crippen LogP contribution in [0.5, 0.6) is 0 Å². The molecule has 0 spiro atoms. The molecule has 0 radical (unpaired) electrons. The number of rotatable bonds is 8. The molecule has 0 saturated carbocycles. The molecular weight excluding hydrogens is 452 g/mol. The summed E-state index contributed by atoms with van der Waals surface area (Å²) in [5.41, 5.74) is 2.48. The highest BCUT2D eigenvalue weighted by Gasteiger charge is 2.23. The van der Waals surface area contributed by atoms with Crippen molar-refractivity contribution in [2.24, 2.45) is 0 Å². The smallest absolute Gasteiger partial charge is 0.307 e. The van der Waals surface area contributed by atoms with Gasteiger partial charge < -0.3 is 10.2 Å². The van der Waals surface area contributed by atoms with Crippen LogP contribution in [0.15, 0.2) is 60.4 Å². The molecule has 1 aromatic heterocycles. The van der Waals surface area contributed by atoms with E-state index in [4.69, 9.17) is 0 Å². The van der Waals surface area contributed by atoms with E-state index in [1.165, 1.54) is 30.3 Å². The van der Waals surface area contributed by atoms with Crippen molar-refractivity contribution >= 4 is 39.0 Å². The van der Waals surface area contributed by atoms with E-state index in [1.807, 2.05) is 32.9 Å². The number of aromatic nitrogens is 1. The number of aryl methyl sites for hydroxylation is 1. The topological polar surface area (TPSA) is 91.7 Å². The Kier molecular flexibility index (Phi) is 7.58. The molecule has 9 heteroatoms. The lowest BCUT2D eigenvalue weighted by Gasteiger charge is -2.21. The molecule has 0 bridgehead atoms. The minimum Gasteiger partial charge on any atom is -0.338 e. The van der Waals surface area contributed by atoms with Gasteiger partial charge in [0.15, 0.2) is 0 Å². The van der Waals surface area contributed by atoms with Crippen molar-refractivity contribution in [1.82, 2.24) is 18.5 Å². The molecule has 0 aliphatic rings. The number of fused-ring (bicyclic) bond motifs is 1. The van der Waals surface area contributed by atoms with E-state index in [1.54, 1.807) is 41.3 Å². The molecule has 0 atom stereocenters. The third-order valence-corrected chi connectivity index (χ3v) is 7.28. The van der Waals surface area contributed by atoms with Gasteiger partial charge in [-0.15, -0.1) is 0 Å². The number of carbonyl (C=O) groups is 2. The number of hydrogen-bond acceptors (Lipinski definition) is 4. The summed E-state index contributed by atoms with van der Waals surface area (Å²) in [5, 5.41) is 3.39. The fourth-order valence-electron chi connectivity index (χ4n) is 3.54. The molecule has 0 aliphatic carbocycles. The predicted molar refractivity (Wildman–Crippen MR) is 134 cm³/mol. The molecule has 180 valence electrons. The van der Waals surface area contributed by atoms with Crippen molar-refractivity contribution in [3.8, 4) is 0 Å². The zero-order valence-electron chi connectivity index (χ0n) is 20.1. The molecule has 0 unspecified atom stereocenters. The van der Waals surface area contributed by atoms with E-state index >= 15 is 0 Å². The van der Waals surface area contributed by atoms with Gasteiger partial charge in [-0.1, -0.05) is 35.9 Å². The van der Waals surface area contributed by atoms with Crippen molar-refractivity contribution in [1.29, 1.82) is 0 Å². The molecule has 2 aromatic carbocycles. The molecule has 3 rings (SSSR count). The minimum atomic E-state index is -3.80. The van der Waals surface area contributed by atoms with E-state index in [2.05, 4.69) is 5.32 Å². The number of hydrogen-bond donors (Lipinski definition) is 1. The van der Waals surface area contributed by atoms with Gasteiger partial charge in [-0.25, -0.2) is 3.97 Å². The summed E-state index contributed by atoms with van der Waals surface area (Å²) in [7, 11) is -0.886. The molecule has 3 aromatic rings. The van der Waals surface area contributed by atoms with Gasteiger partial charge in [0.2, 0.25) is 0 Å². The van der Waals surface area contributed by atoms with Crippen LogP contribution in [0.4, 0.5) is 0 Å². The van der Waals surface area contributed by atoms with E-state index in [0.29, 0.717) is 35.1 Å². The number of likely N-dealkylation sites (N-methyl/N-ethyl adjacent to an activating group) is 1. The molecule has 8 nitrogen and oxygen atoms in total. The lowest BCUT2D eigenvalue weighted by Crippen LogP contribution is -2.38. The van der Waals surface area contributed by atoms with Crippen LogP contribution in [0.2, 0.25) is 0 Å². The van der Waals surface area contributed by atoms with E-state index < -0.39 is 16.1 Å². The summed E-state index contributed by atoms with van der Waals surface area (Å²) in [6, 6.07) is 14.1. The highest BCUT2D eigenvalue weighted by molar-refractivity contribution is 7.87. The summed E-state index contributed by atoms with van der Waals surface area (Å²) in [4.78, 5) is 27.8. The van der Waals surface area contributed by atoms with Gasteiger partial charge >= 0.3 is 10.2 Å². The number of carbonyl (C=O) groups excluding carboxylic acids is 2. The minimum absolute atomic E-state index is 0.0689. The zero-order valence-corrected chi connectivity index (χ0v) is 20.9. The lowest BCUT2D eigenvalue weighted by atomic mass is 10.1. The molecule has 34 heavy (non-hydrogen) atoms. The Morgan fingerprint density at radius 3 is 2.21 bits per heavy atom. The molecule has 2 amide bonds. The Hall–Kier alpha value is -3.43. The van der Waals surface area contributed by atoms with Crippen LogP contribution in [0, 0.1) is 6.92 Å². The van der Waals surface area contributed by atoms with Gasteiger partial charge in [-0.05, 0) is 45.0 Å². The Morgan fingerprint density at radius 2 is 1.62 bits per heavy atom. The van der Waals surface area contributed by atoms with Crippen LogP contribution in [-0.2, 0) is 15.0 Å². The van der Waals surface area contributed by atoms with Gasteiger partial charge in [0.1, 0.15) is 5.70 Å². The van der Waals surface area contributed by atoms with Crippen LogP contribution in [0.1, 0.15) is 35.3 Å². The van der Waals surface area contributed by atoms with E-state index in [0.717, 1.165) is 9.87 Å². The fourth-order valence-corrected chi connectivity index (χ4v) is 4.55. The monoisotopic (exact) mass is 482 g/mol. The number of nitrogens with one attached hydrogen (secondary N) is 1. The highest BCUT2D eigenvalue weighted by Crippen LogP contribution is 2.26. The number of benzene rings is 2. The normalized spacial score (nSPS) is 12.2. The summed E-state index contributed by atoms with van der Waals surface area (Å²) >= 11 is 0. The second-order valence-corrected chi connectivity index (χ2v) is 10.1. The maximum Gasteiger partial charge on any atom is 0.307 e. The van der Waals surface area contributed by atoms with Crippen LogP contribution in [0.3, 0.4) is 0 Å². The van der Waals surface area contributed by atoms with Gasteiger partial charge in [0, 0.05) is 49.9 Å². The average molecular weight is 483 g/mol. The Bertz CT molecular complexity index is 1330. The van der Waals surface area contributed by atoms with Gasteiger partial charge in [0.25, 0.3) is 11.8 Å². The Morgan fingerprint density at radius 1 is 1.00 bits per heavy atom. The third-order valence-electron chi connectivity index (χ3n) is 5.56. The molecule has 0 saturated heterocycles. The first-order valence-electron chi connectivity index (χ1n) is 11.0. The second-order valence-electron chi connectivity index (χ2n) is 8.04. The third kappa shape index (κ3) is 5.05. The largest absolute Gasteiger partial charge is 0.338 e. The first-order valence-corrected chi connectivity index (χ1v) is 12.4. The summed E-state index contributed by atoms with van der Waals surface area (Å²) in [6.45, 7) is 6.56. The summed E-state index contributed by atoms with van der Waals surface area (Å²) < 4.78 is 28.1. The fraction of sp³-hybridized carbons (Fsp3) is 0.280. The number of amides is 2. The Balaban J connectivity index is 2.15. The van der Waals surface area contributed by atoms with Crippen LogP contribution >= 0.6 is 0 Å². The standard InChI is InChI=1S/C25H30N4O4S/c1-6-28(7-2)25(31)22(26-24(30)19-14-12-18(3)13-15-19)16-20-17-29(34(32,33)27(4)5)23-11-9-8-10-21(20)23/h8-17H,6-7H2,1-5H3,(H,26,30)/b22-16-.